The Bertz CT molecular complexity index is 650. The van der Waals surface area contributed by atoms with Gasteiger partial charge in [-0.15, -0.1) is 11.3 Å². The van der Waals surface area contributed by atoms with Crippen LogP contribution in [-0.4, -0.2) is 24.9 Å². The first-order chi connectivity index (χ1) is 8.97. The molecule has 0 aliphatic heterocycles. The Balaban J connectivity index is 1.96. The summed E-state index contributed by atoms with van der Waals surface area (Å²) in [4.78, 5) is 4.60. The zero-order valence-electron chi connectivity index (χ0n) is 10.2. The number of aryl methyl sites for hydroxylation is 1. The maximum absolute atomic E-state index is 12.1. The Morgan fingerprint density at radius 3 is 2.58 bits per heavy atom. The van der Waals surface area contributed by atoms with Gasteiger partial charge in [0.15, 0.2) is 9.84 Å². The van der Waals surface area contributed by atoms with Crippen LogP contribution in [0.2, 0.25) is 5.02 Å². The first kappa shape index (κ1) is 14.8. The summed E-state index contributed by atoms with van der Waals surface area (Å²) in [5.74, 6) is 0.593. The Kier molecular flexibility index (Phi) is 4.89. The molecule has 0 radical (unpaired) electrons. The van der Waals surface area contributed by atoms with Crippen LogP contribution in [0.15, 0.2) is 38.9 Å². The zero-order valence-corrected chi connectivity index (χ0v) is 13.4. The average Bonchev–Trinajstić information content (AvgIpc) is 2.75. The number of nitrogens with zero attached hydrogens (tertiary/aromatic N) is 1. The van der Waals surface area contributed by atoms with Gasteiger partial charge in [0.2, 0.25) is 0 Å². The SMILES string of the molecule is Cc1csc(SCCS(=O)(=O)c2ccc(Cl)cc2)n1. The van der Waals surface area contributed by atoms with Crippen molar-refractivity contribution in [1.82, 2.24) is 4.98 Å². The molecule has 1 aromatic heterocycles. The van der Waals surface area contributed by atoms with E-state index in [1.165, 1.54) is 35.2 Å². The molecule has 102 valence electrons. The van der Waals surface area contributed by atoms with Crippen molar-refractivity contribution in [3.05, 3.63) is 40.4 Å². The lowest BCUT2D eigenvalue weighted by atomic mass is 10.4. The lowest BCUT2D eigenvalue weighted by Gasteiger charge is -2.03. The van der Waals surface area contributed by atoms with Crippen LogP contribution in [0.4, 0.5) is 0 Å². The monoisotopic (exact) mass is 333 g/mol. The second-order valence-electron chi connectivity index (χ2n) is 3.88. The van der Waals surface area contributed by atoms with Crippen LogP contribution in [0.3, 0.4) is 0 Å². The summed E-state index contributed by atoms with van der Waals surface area (Å²) in [6, 6.07) is 6.25. The fourth-order valence-electron chi connectivity index (χ4n) is 1.40. The molecule has 0 amide bonds. The summed E-state index contributed by atoms with van der Waals surface area (Å²) in [6.45, 7) is 1.92. The average molecular weight is 334 g/mol. The van der Waals surface area contributed by atoms with Crippen molar-refractivity contribution in [2.75, 3.05) is 11.5 Å². The van der Waals surface area contributed by atoms with E-state index in [4.69, 9.17) is 11.6 Å². The van der Waals surface area contributed by atoms with Crippen molar-refractivity contribution in [1.29, 1.82) is 0 Å². The predicted molar refractivity (Wildman–Crippen MR) is 81.1 cm³/mol. The van der Waals surface area contributed by atoms with Gasteiger partial charge in [-0.1, -0.05) is 23.4 Å². The minimum atomic E-state index is -3.24. The van der Waals surface area contributed by atoms with Crippen molar-refractivity contribution in [2.24, 2.45) is 0 Å². The van der Waals surface area contributed by atoms with Crippen molar-refractivity contribution in [3.8, 4) is 0 Å². The quantitative estimate of drug-likeness (QED) is 0.783. The third kappa shape index (κ3) is 4.21. The highest BCUT2D eigenvalue weighted by molar-refractivity contribution is 8.02. The first-order valence-electron chi connectivity index (χ1n) is 5.50. The van der Waals surface area contributed by atoms with E-state index in [0.717, 1.165) is 10.0 Å². The Morgan fingerprint density at radius 2 is 2.00 bits per heavy atom. The molecule has 1 heterocycles. The molecule has 0 saturated heterocycles. The molecule has 0 spiro atoms. The molecule has 2 rings (SSSR count). The number of hydrogen-bond donors (Lipinski definition) is 0. The molecule has 0 atom stereocenters. The van der Waals surface area contributed by atoms with Crippen molar-refractivity contribution < 1.29 is 8.42 Å². The van der Waals surface area contributed by atoms with Crippen molar-refractivity contribution in [3.63, 3.8) is 0 Å². The molecular formula is C12H12ClNO2S3. The van der Waals surface area contributed by atoms with Gasteiger partial charge in [0, 0.05) is 21.8 Å². The number of thiazole rings is 1. The minimum absolute atomic E-state index is 0.0952. The van der Waals surface area contributed by atoms with Gasteiger partial charge in [-0.25, -0.2) is 13.4 Å². The summed E-state index contributed by atoms with van der Waals surface area (Å²) < 4.78 is 25.0. The maximum Gasteiger partial charge on any atom is 0.179 e. The molecule has 0 aliphatic rings. The number of benzene rings is 1. The van der Waals surface area contributed by atoms with Crippen LogP contribution in [-0.2, 0) is 9.84 Å². The van der Waals surface area contributed by atoms with Gasteiger partial charge in [-0.3, -0.25) is 0 Å². The van der Waals surface area contributed by atoms with Crippen molar-refractivity contribution >= 4 is 44.5 Å². The summed E-state index contributed by atoms with van der Waals surface area (Å²) in [7, 11) is -3.24. The molecular weight excluding hydrogens is 322 g/mol. The van der Waals surface area contributed by atoms with E-state index in [9.17, 15) is 8.42 Å². The first-order valence-corrected chi connectivity index (χ1v) is 9.40. The third-order valence-electron chi connectivity index (χ3n) is 2.35. The normalized spacial score (nSPS) is 11.7. The van der Waals surface area contributed by atoms with Gasteiger partial charge in [-0.2, -0.15) is 0 Å². The van der Waals surface area contributed by atoms with Gasteiger partial charge < -0.3 is 0 Å². The van der Waals surface area contributed by atoms with Crippen molar-refractivity contribution in [2.45, 2.75) is 16.2 Å². The molecule has 1 aromatic carbocycles. The second kappa shape index (κ2) is 6.26. The molecule has 7 heteroatoms. The largest absolute Gasteiger partial charge is 0.235 e. The highest BCUT2D eigenvalue weighted by atomic mass is 35.5. The highest BCUT2D eigenvalue weighted by Gasteiger charge is 2.14. The summed E-state index contributed by atoms with van der Waals surface area (Å²) in [6.07, 6.45) is 0. The van der Waals surface area contributed by atoms with E-state index in [-0.39, 0.29) is 5.75 Å². The summed E-state index contributed by atoms with van der Waals surface area (Å²) in [5, 5.41) is 2.49. The lowest BCUT2D eigenvalue weighted by molar-refractivity contribution is 0.597. The molecule has 19 heavy (non-hydrogen) atoms. The Hall–Kier alpha value is -0.560. The van der Waals surface area contributed by atoms with Crippen LogP contribution in [0.5, 0.6) is 0 Å². The van der Waals surface area contributed by atoms with Crippen LogP contribution >= 0.6 is 34.7 Å². The van der Waals surface area contributed by atoms with E-state index >= 15 is 0 Å². The molecule has 0 fully saturated rings. The van der Waals surface area contributed by atoms with Crippen LogP contribution in [0, 0.1) is 6.92 Å². The maximum atomic E-state index is 12.1. The number of thioether (sulfide) groups is 1. The molecule has 0 unspecified atom stereocenters. The minimum Gasteiger partial charge on any atom is -0.235 e. The molecule has 0 bridgehead atoms. The smallest absolute Gasteiger partial charge is 0.179 e. The fourth-order valence-corrected chi connectivity index (χ4v) is 5.09. The predicted octanol–water partition coefficient (Wildman–Crippen LogP) is 3.67. The molecule has 0 saturated carbocycles. The van der Waals surface area contributed by atoms with Crippen LogP contribution in [0.1, 0.15) is 5.69 Å². The lowest BCUT2D eigenvalue weighted by Crippen LogP contribution is -2.08. The second-order valence-corrected chi connectivity index (χ2v) is 8.62. The topological polar surface area (TPSA) is 47.0 Å². The fraction of sp³-hybridized carbons (Fsp3) is 0.250. The summed E-state index contributed by atoms with van der Waals surface area (Å²) in [5.41, 5.74) is 0.966. The van der Waals surface area contributed by atoms with E-state index in [1.54, 1.807) is 12.1 Å². The van der Waals surface area contributed by atoms with Gasteiger partial charge in [0.05, 0.1) is 10.6 Å². The standard InChI is InChI=1S/C12H12ClNO2S3/c1-9-8-18-12(14-9)17-6-7-19(15,16)11-4-2-10(13)3-5-11/h2-5,8H,6-7H2,1H3. The van der Waals surface area contributed by atoms with E-state index < -0.39 is 9.84 Å². The molecule has 0 aliphatic carbocycles. The molecule has 0 N–H and O–H groups in total. The van der Waals surface area contributed by atoms with E-state index in [2.05, 4.69) is 4.98 Å². The number of halogens is 1. The number of sulfone groups is 1. The summed E-state index contributed by atoms with van der Waals surface area (Å²) >= 11 is 8.75. The zero-order chi connectivity index (χ0) is 13.9. The number of hydrogen-bond acceptors (Lipinski definition) is 5. The van der Waals surface area contributed by atoms with E-state index in [0.29, 0.717) is 15.7 Å². The van der Waals surface area contributed by atoms with Crippen LogP contribution < -0.4 is 0 Å². The molecule has 3 nitrogen and oxygen atoms in total. The highest BCUT2D eigenvalue weighted by Crippen LogP contribution is 2.23. The van der Waals surface area contributed by atoms with Gasteiger partial charge >= 0.3 is 0 Å². The van der Waals surface area contributed by atoms with E-state index in [1.807, 2.05) is 12.3 Å². The molecule has 2 aromatic rings. The van der Waals surface area contributed by atoms with Gasteiger partial charge in [0.25, 0.3) is 0 Å². The Labute approximate surface area is 125 Å². The van der Waals surface area contributed by atoms with Crippen LogP contribution in [0.25, 0.3) is 0 Å². The number of aromatic nitrogens is 1. The van der Waals surface area contributed by atoms with Gasteiger partial charge in [-0.05, 0) is 31.2 Å². The van der Waals surface area contributed by atoms with Gasteiger partial charge in [0.1, 0.15) is 4.34 Å². The third-order valence-corrected chi connectivity index (χ3v) is 6.73. The Morgan fingerprint density at radius 1 is 1.32 bits per heavy atom. The number of rotatable bonds is 5.